The molecule has 0 aliphatic rings. The van der Waals surface area contributed by atoms with Crippen LogP contribution < -0.4 is 0 Å². The quantitative estimate of drug-likeness (QED) is 0.398. The summed E-state index contributed by atoms with van der Waals surface area (Å²) in [6, 6.07) is 17.0. The topological polar surface area (TPSA) is 72.3 Å². The van der Waals surface area contributed by atoms with Gasteiger partial charge in [0.05, 0.1) is 17.1 Å². The highest BCUT2D eigenvalue weighted by molar-refractivity contribution is 7.92. The van der Waals surface area contributed by atoms with Gasteiger partial charge in [-0.25, -0.2) is 13.1 Å². The molecule has 1 aromatic heterocycles. The summed E-state index contributed by atoms with van der Waals surface area (Å²) in [6.45, 7) is 2.26. The molecule has 8 heteroatoms. The second-order valence-electron chi connectivity index (χ2n) is 7.84. The highest BCUT2D eigenvalue weighted by Gasteiger charge is 2.21. The number of unbranched alkanes of at least 4 members (excludes halogenated alkanes) is 2. The number of rotatable bonds is 10. The number of amides is 1. The van der Waals surface area contributed by atoms with Crippen molar-refractivity contribution in [2.24, 2.45) is 0 Å². The third kappa shape index (κ3) is 6.43. The van der Waals surface area contributed by atoms with E-state index in [0.29, 0.717) is 11.4 Å². The molecule has 0 bridgehead atoms. The Morgan fingerprint density at radius 3 is 2.41 bits per heavy atom. The summed E-state index contributed by atoms with van der Waals surface area (Å²) >= 11 is 6.04. The molecule has 0 atom stereocenters. The van der Waals surface area contributed by atoms with E-state index in [1.54, 1.807) is 23.9 Å². The first-order chi connectivity index (χ1) is 15.3. The normalized spacial score (nSPS) is 11.5. The number of carbonyl (C=O) groups is 1. The van der Waals surface area contributed by atoms with Gasteiger partial charge in [0.25, 0.3) is 0 Å². The molecule has 0 aliphatic carbocycles. The number of hydrogen-bond acceptors (Lipinski definition) is 4. The summed E-state index contributed by atoms with van der Waals surface area (Å²) in [7, 11) is -1.80. The first-order valence-electron chi connectivity index (χ1n) is 10.6. The fraction of sp³-hybridized carbons (Fsp3) is 0.333. The van der Waals surface area contributed by atoms with Crippen LogP contribution in [0.3, 0.4) is 0 Å². The first kappa shape index (κ1) is 24.0. The zero-order chi connectivity index (χ0) is 23.1. The van der Waals surface area contributed by atoms with E-state index in [-0.39, 0.29) is 12.3 Å². The van der Waals surface area contributed by atoms with Crippen LogP contribution in [0.1, 0.15) is 31.7 Å². The average molecular weight is 474 g/mol. The van der Waals surface area contributed by atoms with Gasteiger partial charge in [-0.15, -0.1) is 0 Å². The summed E-state index contributed by atoms with van der Waals surface area (Å²) in [5, 5.41) is 5.36. The standard InChI is InChI=1S/C24H28ClN3O3S/c1-3-4-8-15-32(30,31)18-23(29)27(2)16-20-17-28(22-9-6-5-7-10-22)26-24(20)19-11-13-21(25)14-12-19/h5-7,9-14,17H,3-4,8,15-16,18H2,1-2H3. The van der Waals surface area contributed by atoms with Crippen LogP contribution in [0.15, 0.2) is 60.8 Å². The lowest BCUT2D eigenvalue weighted by Gasteiger charge is -2.17. The van der Waals surface area contributed by atoms with Gasteiger partial charge in [-0.1, -0.05) is 61.7 Å². The first-order valence-corrected chi connectivity index (χ1v) is 12.8. The van der Waals surface area contributed by atoms with Crippen molar-refractivity contribution in [2.45, 2.75) is 32.7 Å². The van der Waals surface area contributed by atoms with E-state index in [4.69, 9.17) is 16.7 Å². The molecule has 0 spiro atoms. The molecule has 0 saturated heterocycles. The summed E-state index contributed by atoms with van der Waals surface area (Å²) in [5.41, 5.74) is 3.29. The van der Waals surface area contributed by atoms with Crippen LogP contribution in [-0.2, 0) is 21.2 Å². The monoisotopic (exact) mass is 473 g/mol. The molecule has 6 nitrogen and oxygen atoms in total. The summed E-state index contributed by atoms with van der Waals surface area (Å²) in [6.07, 6.45) is 4.23. The van der Waals surface area contributed by atoms with Crippen molar-refractivity contribution in [1.29, 1.82) is 0 Å². The van der Waals surface area contributed by atoms with Crippen LogP contribution in [0.25, 0.3) is 16.9 Å². The minimum absolute atomic E-state index is 0.0440. The van der Waals surface area contributed by atoms with Gasteiger partial charge in [0, 0.05) is 35.9 Å². The van der Waals surface area contributed by atoms with Crippen molar-refractivity contribution in [3.8, 4) is 16.9 Å². The molecular formula is C24H28ClN3O3S. The van der Waals surface area contributed by atoms with Gasteiger partial charge in [0.15, 0.2) is 9.84 Å². The van der Waals surface area contributed by atoms with Crippen molar-refractivity contribution in [2.75, 3.05) is 18.6 Å². The molecule has 3 rings (SSSR count). The third-order valence-corrected chi connectivity index (χ3v) is 7.01. The average Bonchev–Trinajstić information content (AvgIpc) is 3.18. The van der Waals surface area contributed by atoms with E-state index in [9.17, 15) is 13.2 Å². The van der Waals surface area contributed by atoms with E-state index in [1.165, 1.54) is 4.90 Å². The minimum Gasteiger partial charge on any atom is -0.340 e. The lowest BCUT2D eigenvalue weighted by Crippen LogP contribution is -2.33. The third-order valence-electron chi connectivity index (χ3n) is 5.16. The van der Waals surface area contributed by atoms with Crippen molar-refractivity contribution < 1.29 is 13.2 Å². The van der Waals surface area contributed by atoms with E-state index >= 15 is 0 Å². The predicted molar refractivity (Wildman–Crippen MR) is 129 cm³/mol. The summed E-state index contributed by atoms with van der Waals surface area (Å²) in [4.78, 5) is 14.1. The van der Waals surface area contributed by atoms with Crippen molar-refractivity contribution in [1.82, 2.24) is 14.7 Å². The Labute approximate surface area is 194 Å². The summed E-state index contributed by atoms with van der Waals surface area (Å²) < 4.78 is 26.4. The maximum absolute atomic E-state index is 12.7. The highest BCUT2D eigenvalue weighted by atomic mass is 35.5. The molecule has 0 saturated carbocycles. The van der Waals surface area contributed by atoms with Gasteiger partial charge < -0.3 is 4.90 Å². The zero-order valence-electron chi connectivity index (χ0n) is 18.4. The van der Waals surface area contributed by atoms with Crippen LogP contribution in [0.4, 0.5) is 0 Å². The number of sulfone groups is 1. The lowest BCUT2D eigenvalue weighted by molar-refractivity contribution is -0.127. The largest absolute Gasteiger partial charge is 0.340 e. The SMILES string of the molecule is CCCCCS(=O)(=O)CC(=O)N(C)Cc1cn(-c2ccccc2)nc1-c1ccc(Cl)cc1. The molecule has 0 N–H and O–H groups in total. The summed E-state index contributed by atoms with van der Waals surface area (Å²) in [5.74, 6) is -0.852. The second kappa shape index (κ2) is 10.8. The molecule has 3 aromatic rings. The molecule has 170 valence electrons. The molecule has 2 aromatic carbocycles. The van der Waals surface area contributed by atoms with Gasteiger partial charge in [-0.2, -0.15) is 5.10 Å². The molecule has 0 unspecified atom stereocenters. The lowest BCUT2D eigenvalue weighted by atomic mass is 10.1. The van der Waals surface area contributed by atoms with Gasteiger partial charge in [0.1, 0.15) is 5.75 Å². The van der Waals surface area contributed by atoms with Crippen LogP contribution in [0.2, 0.25) is 5.02 Å². The van der Waals surface area contributed by atoms with E-state index < -0.39 is 21.5 Å². The molecule has 1 amide bonds. The second-order valence-corrected chi connectivity index (χ2v) is 10.5. The molecule has 0 aliphatic heterocycles. The van der Waals surface area contributed by atoms with Crippen LogP contribution in [-0.4, -0.2) is 47.6 Å². The number of aromatic nitrogens is 2. The molecular weight excluding hydrogens is 446 g/mol. The van der Waals surface area contributed by atoms with E-state index in [2.05, 4.69) is 0 Å². The van der Waals surface area contributed by atoms with Gasteiger partial charge in [-0.05, 0) is 30.7 Å². The smallest absolute Gasteiger partial charge is 0.237 e. The van der Waals surface area contributed by atoms with Crippen molar-refractivity contribution in [3.05, 3.63) is 71.4 Å². The Morgan fingerprint density at radius 1 is 1.06 bits per heavy atom. The Balaban J connectivity index is 1.83. The predicted octanol–water partition coefficient (Wildman–Crippen LogP) is 4.76. The number of para-hydroxylation sites is 1. The van der Waals surface area contributed by atoms with Crippen LogP contribution >= 0.6 is 11.6 Å². The van der Waals surface area contributed by atoms with Gasteiger partial charge >= 0.3 is 0 Å². The van der Waals surface area contributed by atoms with Crippen molar-refractivity contribution >= 4 is 27.3 Å². The molecule has 0 fully saturated rings. The number of carbonyl (C=O) groups excluding carboxylic acids is 1. The fourth-order valence-corrected chi connectivity index (χ4v) is 4.89. The Bertz CT molecular complexity index is 1140. The van der Waals surface area contributed by atoms with Gasteiger partial charge in [0.2, 0.25) is 5.91 Å². The maximum atomic E-state index is 12.7. The molecule has 0 radical (unpaired) electrons. The fourth-order valence-electron chi connectivity index (χ4n) is 3.38. The van der Waals surface area contributed by atoms with Crippen LogP contribution in [0, 0.1) is 0 Å². The number of nitrogens with zero attached hydrogens (tertiary/aromatic N) is 3. The number of hydrogen-bond donors (Lipinski definition) is 0. The van der Waals surface area contributed by atoms with E-state index in [0.717, 1.165) is 35.3 Å². The van der Waals surface area contributed by atoms with Gasteiger partial charge in [-0.3, -0.25) is 4.79 Å². The molecule has 32 heavy (non-hydrogen) atoms. The Kier molecular flexibility index (Phi) is 8.10. The number of benzene rings is 2. The molecule has 1 heterocycles. The Morgan fingerprint density at radius 2 is 1.75 bits per heavy atom. The zero-order valence-corrected chi connectivity index (χ0v) is 19.9. The van der Waals surface area contributed by atoms with E-state index in [1.807, 2.05) is 55.6 Å². The van der Waals surface area contributed by atoms with Crippen molar-refractivity contribution in [3.63, 3.8) is 0 Å². The highest BCUT2D eigenvalue weighted by Crippen LogP contribution is 2.26. The Hall–Kier alpha value is -2.64. The maximum Gasteiger partial charge on any atom is 0.237 e. The van der Waals surface area contributed by atoms with Crippen LogP contribution in [0.5, 0.6) is 0 Å². The number of halogens is 1. The minimum atomic E-state index is -3.42.